The molecule has 10 nitrogen and oxygen atoms in total. The minimum atomic E-state index is -1.00. The summed E-state index contributed by atoms with van der Waals surface area (Å²) in [6.07, 6.45) is 5.89. The zero-order chi connectivity index (χ0) is 30.0. The summed E-state index contributed by atoms with van der Waals surface area (Å²) in [6, 6.07) is 26.2. The summed E-state index contributed by atoms with van der Waals surface area (Å²) in [6.45, 7) is 0.177. The van der Waals surface area contributed by atoms with Crippen LogP contribution in [0, 0.1) is 0 Å². The Hall–Kier alpha value is -5.51. The number of rotatable bonds is 8. The Labute approximate surface area is 253 Å². The summed E-state index contributed by atoms with van der Waals surface area (Å²) in [5, 5.41) is 33.7. The summed E-state index contributed by atoms with van der Waals surface area (Å²) in [5.41, 5.74) is 6.42. The van der Waals surface area contributed by atoms with Crippen LogP contribution in [-0.2, 0) is 6.61 Å². The molecule has 1 fully saturated rings. The van der Waals surface area contributed by atoms with E-state index in [2.05, 4.69) is 31.3 Å². The highest BCUT2D eigenvalue weighted by atomic mass is 16.5. The highest BCUT2D eigenvalue weighted by molar-refractivity contribution is 5.89. The van der Waals surface area contributed by atoms with E-state index in [0.717, 1.165) is 57.5 Å². The molecule has 2 heterocycles. The number of aromatic nitrogens is 6. The Bertz CT molecular complexity index is 1930. The van der Waals surface area contributed by atoms with Crippen LogP contribution >= 0.6 is 0 Å². The summed E-state index contributed by atoms with van der Waals surface area (Å²) in [7, 11) is 0. The van der Waals surface area contributed by atoms with Gasteiger partial charge in [-0.25, -0.2) is 9.78 Å². The second-order valence-corrected chi connectivity index (χ2v) is 11.1. The number of nitrogens with one attached hydrogen (secondary N) is 1. The van der Waals surface area contributed by atoms with Crippen molar-refractivity contribution in [1.29, 1.82) is 0 Å². The molecule has 1 aliphatic carbocycles. The van der Waals surface area contributed by atoms with Crippen LogP contribution < -0.4 is 4.74 Å². The van der Waals surface area contributed by atoms with Gasteiger partial charge in [0.25, 0.3) is 0 Å². The van der Waals surface area contributed by atoms with Crippen molar-refractivity contribution in [1.82, 2.24) is 30.2 Å². The van der Waals surface area contributed by atoms with Gasteiger partial charge in [0.15, 0.2) is 0 Å². The molecule has 0 saturated heterocycles. The number of tetrazole rings is 1. The molecule has 6 aromatic rings. The van der Waals surface area contributed by atoms with Crippen LogP contribution in [0.15, 0.2) is 84.9 Å². The summed E-state index contributed by atoms with van der Waals surface area (Å²) < 4.78 is 8.55. The predicted molar refractivity (Wildman–Crippen MR) is 165 cm³/mol. The number of phenols is 1. The van der Waals surface area contributed by atoms with Crippen molar-refractivity contribution in [2.45, 2.75) is 44.8 Å². The molecule has 0 unspecified atom stereocenters. The summed E-state index contributed by atoms with van der Waals surface area (Å²) in [4.78, 5) is 16.8. The molecule has 0 radical (unpaired) electrons. The average molecular weight is 587 g/mol. The number of aromatic amines is 1. The maximum absolute atomic E-state index is 11.7. The van der Waals surface area contributed by atoms with Crippen LogP contribution in [0.25, 0.3) is 44.9 Å². The van der Waals surface area contributed by atoms with Crippen LogP contribution in [0.3, 0.4) is 0 Å². The Balaban J connectivity index is 1.19. The van der Waals surface area contributed by atoms with Gasteiger partial charge in [-0.2, -0.15) is 5.21 Å². The van der Waals surface area contributed by atoms with Crippen LogP contribution in [0.5, 0.6) is 11.5 Å². The van der Waals surface area contributed by atoms with E-state index in [1.807, 2.05) is 36.4 Å². The van der Waals surface area contributed by atoms with Crippen LogP contribution in [0.1, 0.15) is 54.1 Å². The topological polar surface area (TPSA) is 139 Å². The van der Waals surface area contributed by atoms with E-state index in [1.165, 1.54) is 19.3 Å². The van der Waals surface area contributed by atoms with E-state index in [4.69, 9.17) is 9.72 Å². The number of hydrogen-bond donors (Lipinski definition) is 3. The van der Waals surface area contributed by atoms with Gasteiger partial charge < -0.3 is 19.5 Å². The first-order chi connectivity index (χ1) is 21.5. The number of carboxylic acids is 1. The maximum atomic E-state index is 11.7. The predicted octanol–water partition coefficient (Wildman–Crippen LogP) is 7.04. The molecule has 0 amide bonds. The average Bonchev–Trinajstić information content (AvgIpc) is 3.73. The summed E-state index contributed by atoms with van der Waals surface area (Å²) >= 11 is 0. The van der Waals surface area contributed by atoms with Crippen molar-refractivity contribution in [3.05, 3.63) is 96.1 Å². The first-order valence-corrected chi connectivity index (χ1v) is 14.7. The van der Waals surface area contributed by atoms with Crippen molar-refractivity contribution in [3.8, 4) is 45.4 Å². The van der Waals surface area contributed by atoms with E-state index in [0.29, 0.717) is 17.6 Å². The molecule has 10 heteroatoms. The number of aromatic hydroxyl groups is 1. The Morgan fingerprint density at radius 3 is 2.36 bits per heavy atom. The highest BCUT2D eigenvalue weighted by Crippen LogP contribution is 2.37. The smallest absolute Gasteiger partial charge is 0.335 e. The molecule has 220 valence electrons. The zero-order valence-electron chi connectivity index (χ0n) is 23.8. The monoisotopic (exact) mass is 586 g/mol. The van der Waals surface area contributed by atoms with Gasteiger partial charge in [-0.15, -0.1) is 10.2 Å². The van der Waals surface area contributed by atoms with Crippen LogP contribution in [0.2, 0.25) is 0 Å². The normalized spacial score (nSPS) is 13.7. The zero-order valence-corrected chi connectivity index (χ0v) is 23.8. The second kappa shape index (κ2) is 11.6. The lowest BCUT2D eigenvalue weighted by Crippen LogP contribution is -2.14. The van der Waals surface area contributed by atoms with Crippen LogP contribution in [-0.4, -0.2) is 46.4 Å². The lowest BCUT2D eigenvalue weighted by atomic mass is 9.95. The van der Waals surface area contributed by atoms with Crippen molar-refractivity contribution in [2.75, 3.05) is 0 Å². The second-order valence-electron chi connectivity index (χ2n) is 11.1. The first kappa shape index (κ1) is 27.3. The van der Waals surface area contributed by atoms with Crippen LogP contribution in [0.4, 0.5) is 0 Å². The molecule has 0 bridgehead atoms. The van der Waals surface area contributed by atoms with E-state index < -0.39 is 5.97 Å². The van der Waals surface area contributed by atoms with E-state index in [9.17, 15) is 15.0 Å². The largest absolute Gasteiger partial charge is 0.508 e. The Morgan fingerprint density at radius 2 is 1.64 bits per heavy atom. The van der Waals surface area contributed by atoms with Gasteiger partial charge >= 0.3 is 5.97 Å². The molecular weight excluding hydrogens is 556 g/mol. The number of benzene rings is 4. The number of H-pyrrole nitrogens is 1. The third-order valence-electron chi connectivity index (χ3n) is 8.27. The molecule has 44 heavy (non-hydrogen) atoms. The van der Waals surface area contributed by atoms with Gasteiger partial charge in [-0.3, -0.25) is 0 Å². The molecule has 1 aliphatic rings. The van der Waals surface area contributed by atoms with Crippen molar-refractivity contribution >= 4 is 17.0 Å². The van der Waals surface area contributed by atoms with Gasteiger partial charge in [0.05, 0.1) is 16.6 Å². The number of hydrogen-bond acceptors (Lipinski definition) is 7. The van der Waals surface area contributed by atoms with E-state index in [1.54, 1.807) is 42.5 Å². The quantitative estimate of drug-likeness (QED) is 0.173. The fraction of sp³-hybridized carbons (Fsp3) is 0.206. The first-order valence-electron chi connectivity index (χ1n) is 14.7. The molecular formula is C34H30N6O4. The van der Waals surface area contributed by atoms with Gasteiger partial charge in [-0.05, 0) is 101 Å². The number of fused-ring (bicyclic) bond motifs is 1. The minimum absolute atomic E-state index is 0.165. The molecule has 1 saturated carbocycles. The fourth-order valence-electron chi connectivity index (χ4n) is 6.06. The van der Waals surface area contributed by atoms with Crippen molar-refractivity contribution in [3.63, 3.8) is 0 Å². The molecule has 2 aromatic heterocycles. The Morgan fingerprint density at radius 1 is 0.886 bits per heavy atom. The van der Waals surface area contributed by atoms with Gasteiger partial charge in [0.1, 0.15) is 23.9 Å². The number of carboxylic acid groups (broad SMARTS) is 1. The molecule has 0 aliphatic heterocycles. The number of ether oxygens (including phenoxy) is 1. The summed E-state index contributed by atoms with van der Waals surface area (Å²) in [5.74, 6) is 1.26. The SMILES string of the molecule is O=C(O)c1ccc(-c2ccc(O)cc2)c(COc2ccc(-c3nc4cc(-c5nn[nH]n5)ccc4n3C3CCCCC3)cc2)c1. The number of imidazole rings is 1. The van der Waals surface area contributed by atoms with Gasteiger partial charge in [-0.1, -0.05) is 37.5 Å². The van der Waals surface area contributed by atoms with Crippen molar-refractivity contribution < 1.29 is 19.7 Å². The van der Waals surface area contributed by atoms with E-state index >= 15 is 0 Å². The highest BCUT2D eigenvalue weighted by Gasteiger charge is 2.23. The standard InChI is InChI=1S/C34H30N6O4/c41-27-12-6-21(7-13-27)29-16-10-24(34(42)43)18-25(29)20-44-28-14-8-22(9-15-28)33-35-30-19-23(32-36-38-39-37-32)11-17-31(30)40(33)26-4-2-1-3-5-26/h6-19,26,41H,1-5,20H2,(H,42,43)(H,36,37,38,39). The lowest BCUT2D eigenvalue weighted by Gasteiger charge is -2.25. The number of nitrogens with zero attached hydrogens (tertiary/aromatic N) is 5. The molecule has 7 rings (SSSR count). The third-order valence-corrected chi connectivity index (χ3v) is 8.27. The van der Waals surface area contributed by atoms with Gasteiger partial charge in [0.2, 0.25) is 5.82 Å². The third kappa shape index (κ3) is 5.37. The van der Waals surface area contributed by atoms with Crippen molar-refractivity contribution in [2.24, 2.45) is 0 Å². The maximum Gasteiger partial charge on any atom is 0.335 e. The van der Waals surface area contributed by atoms with E-state index in [-0.39, 0.29) is 17.9 Å². The molecule has 4 aromatic carbocycles. The molecule has 0 spiro atoms. The number of carbonyl (C=O) groups is 1. The molecule has 0 atom stereocenters. The molecule has 3 N–H and O–H groups in total. The fourth-order valence-corrected chi connectivity index (χ4v) is 6.06. The number of phenolic OH excluding ortho intramolecular Hbond substituents is 1. The number of aromatic carboxylic acids is 1. The lowest BCUT2D eigenvalue weighted by molar-refractivity contribution is 0.0696. The van der Waals surface area contributed by atoms with Gasteiger partial charge in [0, 0.05) is 17.2 Å². The minimum Gasteiger partial charge on any atom is -0.508 e. The Kier molecular flexibility index (Phi) is 7.23.